The van der Waals surface area contributed by atoms with E-state index in [1.807, 2.05) is 37.3 Å². The van der Waals surface area contributed by atoms with Gasteiger partial charge in [-0.3, -0.25) is 19.7 Å². The Morgan fingerprint density at radius 3 is 2.54 bits per heavy atom. The van der Waals surface area contributed by atoms with Gasteiger partial charge in [-0.25, -0.2) is 0 Å². The number of carbonyl (C=O) groups is 2. The summed E-state index contributed by atoms with van der Waals surface area (Å²) in [6.07, 6.45) is 2.48. The number of ketones is 1. The summed E-state index contributed by atoms with van der Waals surface area (Å²) >= 11 is 0. The maximum absolute atomic E-state index is 12.9. The van der Waals surface area contributed by atoms with Crippen LogP contribution in [0.3, 0.4) is 0 Å². The van der Waals surface area contributed by atoms with E-state index in [2.05, 4.69) is 0 Å². The number of nitro groups is 1. The van der Waals surface area contributed by atoms with Crippen molar-refractivity contribution >= 4 is 23.1 Å². The highest BCUT2D eigenvalue weighted by atomic mass is 16.6. The number of carbonyl (C=O) groups excluding carboxylic acids is 2. The number of hydrogen-bond donors (Lipinski definition) is 0. The van der Waals surface area contributed by atoms with Crippen LogP contribution in [0.4, 0.5) is 5.69 Å². The van der Waals surface area contributed by atoms with E-state index in [-0.39, 0.29) is 23.6 Å². The molecular weight excluding hydrogens is 332 g/mol. The van der Waals surface area contributed by atoms with Crippen LogP contribution in [0, 0.1) is 10.1 Å². The van der Waals surface area contributed by atoms with Crippen molar-refractivity contribution in [3.05, 3.63) is 81.4 Å². The van der Waals surface area contributed by atoms with Gasteiger partial charge >= 0.3 is 0 Å². The molecule has 1 aliphatic heterocycles. The highest BCUT2D eigenvalue weighted by Crippen LogP contribution is 2.38. The number of nitro benzene ring substituents is 1. The number of nitrogens with zero attached hydrogens (tertiary/aromatic N) is 2. The molecule has 0 aliphatic carbocycles. The lowest BCUT2D eigenvalue weighted by Crippen LogP contribution is -2.23. The molecule has 0 bridgehead atoms. The molecule has 2 aromatic carbocycles. The third-order valence-corrected chi connectivity index (χ3v) is 4.24. The molecule has 0 aromatic heterocycles. The molecule has 2 aromatic rings. The van der Waals surface area contributed by atoms with Gasteiger partial charge in [0.25, 0.3) is 11.6 Å². The van der Waals surface area contributed by atoms with Crippen molar-refractivity contribution in [1.29, 1.82) is 0 Å². The first-order chi connectivity index (χ1) is 12.5. The van der Waals surface area contributed by atoms with Gasteiger partial charge in [0.2, 0.25) is 0 Å². The zero-order chi connectivity index (χ0) is 18.7. The van der Waals surface area contributed by atoms with E-state index in [0.29, 0.717) is 24.1 Å². The molecule has 0 saturated heterocycles. The summed E-state index contributed by atoms with van der Waals surface area (Å²) in [7, 11) is 0. The number of benzene rings is 2. The molecule has 0 unspecified atom stereocenters. The van der Waals surface area contributed by atoms with Crippen LogP contribution in [0.25, 0.3) is 5.70 Å². The molecule has 6 heteroatoms. The fraction of sp³-hybridized carbons (Fsp3) is 0.200. The largest absolute Gasteiger partial charge is 0.303 e. The zero-order valence-electron chi connectivity index (χ0n) is 14.3. The van der Waals surface area contributed by atoms with Gasteiger partial charge in [-0.15, -0.1) is 0 Å². The minimum atomic E-state index is -0.561. The molecule has 26 heavy (non-hydrogen) atoms. The normalized spacial score (nSPS) is 14.6. The monoisotopic (exact) mass is 350 g/mol. The lowest BCUT2D eigenvalue weighted by molar-refractivity contribution is -0.385. The molecule has 132 valence electrons. The first-order valence-electron chi connectivity index (χ1n) is 8.41. The van der Waals surface area contributed by atoms with Crippen molar-refractivity contribution in [2.75, 3.05) is 0 Å². The van der Waals surface area contributed by atoms with Crippen LogP contribution in [0.5, 0.6) is 0 Å². The van der Waals surface area contributed by atoms with Crippen molar-refractivity contribution in [2.45, 2.75) is 26.3 Å². The molecule has 0 spiro atoms. The molecule has 1 aliphatic rings. The summed E-state index contributed by atoms with van der Waals surface area (Å²) < 4.78 is 0. The van der Waals surface area contributed by atoms with E-state index in [4.69, 9.17) is 0 Å². The Morgan fingerprint density at radius 2 is 1.88 bits per heavy atom. The Labute approximate surface area is 150 Å². The predicted molar refractivity (Wildman–Crippen MR) is 97.3 cm³/mol. The first kappa shape index (κ1) is 17.5. The lowest BCUT2D eigenvalue weighted by Gasteiger charge is -2.18. The topological polar surface area (TPSA) is 80.5 Å². The van der Waals surface area contributed by atoms with Crippen molar-refractivity contribution in [1.82, 2.24) is 4.90 Å². The van der Waals surface area contributed by atoms with Gasteiger partial charge < -0.3 is 4.90 Å². The van der Waals surface area contributed by atoms with Crippen molar-refractivity contribution < 1.29 is 14.5 Å². The van der Waals surface area contributed by atoms with Crippen LogP contribution < -0.4 is 0 Å². The molecule has 0 radical (unpaired) electrons. The predicted octanol–water partition coefficient (Wildman–Crippen LogP) is 3.96. The summed E-state index contributed by atoms with van der Waals surface area (Å²) in [6, 6.07) is 13.8. The van der Waals surface area contributed by atoms with Gasteiger partial charge in [-0.2, -0.15) is 0 Å². The second-order valence-corrected chi connectivity index (χ2v) is 6.08. The highest BCUT2D eigenvalue weighted by molar-refractivity contribution is 6.14. The summed E-state index contributed by atoms with van der Waals surface area (Å²) in [5, 5.41) is 11.4. The Bertz CT molecular complexity index is 903. The maximum Gasteiger partial charge on any atom is 0.282 e. The average Bonchev–Trinajstić information content (AvgIpc) is 2.88. The number of amides is 1. The molecule has 0 saturated carbocycles. The standard InChI is InChI=1S/C20H18N2O4/c1-2-7-15(23)12-18-16-10-6-11-17(22(25)26)19(16)20(24)21(18)13-14-8-4-3-5-9-14/h3-6,8-12H,2,7,13H2,1H3/b18-12+. The highest BCUT2D eigenvalue weighted by Gasteiger charge is 2.38. The summed E-state index contributed by atoms with van der Waals surface area (Å²) in [5.74, 6) is -0.556. The summed E-state index contributed by atoms with van der Waals surface area (Å²) in [4.78, 5) is 37.4. The molecule has 0 fully saturated rings. The number of allylic oxidation sites excluding steroid dienone is 1. The second kappa shape index (κ2) is 7.31. The summed E-state index contributed by atoms with van der Waals surface area (Å²) in [6.45, 7) is 2.15. The van der Waals surface area contributed by atoms with Crippen LogP contribution in [-0.4, -0.2) is 21.5 Å². The van der Waals surface area contributed by atoms with E-state index in [1.54, 1.807) is 6.07 Å². The van der Waals surface area contributed by atoms with Gasteiger partial charge in [0, 0.05) is 24.1 Å². The van der Waals surface area contributed by atoms with Gasteiger partial charge in [0.05, 0.1) is 17.2 Å². The van der Waals surface area contributed by atoms with Crippen molar-refractivity contribution in [3.8, 4) is 0 Å². The molecule has 3 rings (SSSR count). The summed E-state index contributed by atoms with van der Waals surface area (Å²) in [5.41, 5.74) is 1.55. The van der Waals surface area contributed by atoms with E-state index in [1.165, 1.54) is 23.1 Å². The fourth-order valence-electron chi connectivity index (χ4n) is 3.07. The van der Waals surface area contributed by atoms with E-state index >= 15 is 0 Å². The van der Waals surface area contributed by atoms with Crippen LogP contribution >= 0.6 is 0 Å². The molecule has 0 atom stereocenters. The minimum absolute atomic E-state index is 0.0454. The van der Waals surface area contributed by atoms with E-state index < -0.39 is 10.8 Å². The van der Waals surface area contributed by atoms with E-state index in [9.17, 15) is 19.7 Å². The van der Waals surface area contributed by atoms with Gasteiger partial charge in [0.15, 0.2) is 5.78 Å². The van der Waals surface area contributed by atoms with Crippen LogP contribution in [0.2, 0.25) is 0 Å². The number of hydrogen-bond acceptors (Lipinski definition) is 4. The molecule has 1 heterocycles. The van der Waals surface area contributed by atoms with Crippen LogP contribution in [0.1, 0.15) is 41.3 Å². The van der Waals surface area contributed by atoms with Crippen molar-refractivity contribution in [2.24, 2.45) is 0 Å². The Balaban J connectivity index is 2.10. The molecule has 6 nitrogen and oxygen atoms in total. The number of rotatable bonds is 6. The minimum Gasteiger partial charge on any atom is -0.303 e. The lowest BCUT2D eigenvalue weighted by atomic mass is 10.0. The van der Waals surface area contributed by atoms with Crippen LogP contribution in [0.15, 0.2) is 54.6 Å². The maximum atomic E-state index is 12.9. The zero-order valence-corrected chi connectivity index (χ0v) is 14.3. The third kappa shape index (κ3) is 3.26. The van der Waals surface area contributed by atoms with Gasteiger partial charge in [-0.1, -0.05) is 49.4 Å². The SMILES string of the molecule is CCCC(=O)/C=C1\c2cccc([N+](=O)[O-])c2C(=O)N1Cc1ccccc1. The van der Waals surface area contributed by atoms with Gasteiger partial charge in [-0.05, 0) is 12.0 Å². The van der Waals surface area contributed by atoms with Crippen molar-refractivity contribution in [3.63, 3.8) is 0 Å². The Morgan fingerprint density at radius 1 is 1.15 bits per heavy atom. The average molecular weight is 350 g/mol. The fourth-order valence-corrected chi connectivity index (χ4v) is 3.07. The first-order valence-corrected chi connectivity index (χ1v) is 8.41. The van der Waals surface area contributed by atoms with Gasteiger partial charge in [0.1, 0.15) is 5.56 Å². The second-order valence-electron chi connectivity index (χ2n) is 6.08. The molecule has 1 amide bonds. The number of fused-ring (bicyclic) bond motifs is 1. The smallest absolute Gasteiger partial charge is 0.282 e. The van der Waals surface area contributed by atoms with Crippen LogP contribution in [-0.2, 0) is 11.3 Å². The molecule has 0 N–H and O–H groups in total. The Hall–Kier alpha value is -3.28. The quantitative estimate of drug-likeness (QED) is 0.449. The molecular formula is C20H18N2O4. The van der Waals surface area contributed by atoms with E-state index in [0.717, 1.165) is 5.56 Å². The Kier molecular flexibility index (Phi) is 4.93. The third-order valence-electron chi connectivity index (χ3n) is 4.24.